The quantitative estimate of drug-likeness (QED) is 0.680. The maximum atomic E-state index is 4.98. The van der Waals surface area contributed by atoms with E-state index in [1.165, 1.54) is 0 Å². The van der Waals surface area contributed by atoms with Crippen molar-refractivity contribution in [3.05, 3.63) is 35.0 Å². The molecule has 0 aliphatic rings. The number of rotatable bonds is 1. The summed E-state index contributed by atoms with van der Waals surface area (Å²) in [5.41, 5.74) is 2.99. The van der Waals surface area contributed by atoms with Gasteiger partial charge in [-0.1, -0.05) is 0 Å². The molecule has 0 saturated carbocycles. The van der Waals surface area contributed by atoms with Gasteiger partial charge in [0.05, 0.1) is 5.69 Å². The van der Waals surface area contributed by atoms with Crippen LogP contribution in [0.15, 0.2) is 24.5 Å². The molecule has 0 amide bonds. The Balaban J connectivity index is 2.59. The van der Waals surface area contributed by atoms with Crippen LogP contribution >= 0.6 is 12.2 Å². The third-order valence-corrected chi connectivity index (χ3v) is 1.97. The molecule has 0 unspecified atom stereocenters. The fraction of sp³-hybridized carbons (Fsp3) is 0.111. The second-order valence-corrected chi connectivity index (χ2v) is 3.24. The molecule has 0 radical (unpaired) electrons. The van der Waals surface area contributed by atoms with Gasteiger partial charge in [0.2, 0.25) is 0 Å². The van der Waals surface area contributed by atoms with Crippen LogP contribution in [-0.4, -0.2) is 15.0 Å². The molecular formula is C9H9N3S. The predicted octanol–water partition coefficient (Wildman–Crippen LogP) is 2.44. The number of hydrogen-bond donors (Lipinski definition) is 2. The first-order valence-corrected chi connectivity index (χ1v) is 4.37. The van der Waals surface area contributed by atoms with Crippen LogP contribution in [0, 0.1) is 11.7 Å². The van der Waals surface area contributed by atoms with Crippen LogP contribution in [-0.2, 0) is 0 Å². The molecule has 66 valence electrons. The van der Waals surface area contributed by atoms with Gasteiger partial charge in [-0.15, -0.1) is 0 Å². The lowest BCUT2D eigenvalue weighted by atomic mass is 10.2. The van der Waals surface area contributed by atoms with E-state index in [-0.39, 0.29) is 0 Å². The number of nitrogens with one attached hydrogen (secondary N) is 2. The van der Waals surface area contributed by atoms with Crippen molar-refractivity contribution in [2.75, 3.05) is 0 Å². The van der Waals surface area contributed by atoms with Crippen LogP contribution in [0.25, 0.3) is 11.3 Å². The van der Waals surface area contributed by atoms with Gasteiger partial charge in [-0.3, -0.25) is 0 Å². The van der Waals surface area contributed by atoms with Gasteiger partial charge in [-0.25, -0.2) is 4.98 Å². The van der Waals surface area contributed by atoms with Crippen molar-refractivity contribution in [3.63, 3.8) is 0 Å². The van der Waals surface area contributed by atoms with Gasteiger partial charge in [0.15, 0.2) is 4.77 Å². The molecule has 3 nitrogen and oxygen atoms in total. The van der Waals surface area contributed by atoms with E-state index in [0.29, 0.717) is 4.77 Å². The molecule has 2 rings (SSSR count). The smallest absolute Gasteiger partial charge is 0.197 e. The van der Waals surface area contributed by atoms with Gasteiger partial charge in [-0.2, -0.15) is 0 Å². The summed E-state index contributed by atoms with van der Waals surface area (Å²) in [5, 5.41) is 0. The molecule has 0 saturated heterocycles. The number of aromatic amines is 2. The summed E-state index contributed by atoms with van der Waals surface area (Å²) in [7, 11) is 0. The molecule has 2 aromatic heterocycles. The lowest BCUT2D eigenvalue weighted by Crippen LogP contribution is -1.88. The summed E-state index contributed by atoms with van der Waals surface area (Å²) >= 11 is 4.98. The topological polar surface area (TPSA) is 44.5 Å². The van der Waals surface area contributed by atoms with Crippen molar-refractivity contribution >= 4 is 12.2 Å². The Hall–Kier alpha value is -1.42. The minimum absolute atomic E-state index is 0.524. The highest BCUT2D eigenvalue weighted by Crippen LogP contribution is 2.15. The normalized spacial score (nSPS) is 10.2. The van der Waals surface area contributed by atoms with Gasteiger partial charge < -0.3 is 9.97 Å². The van der Waals surface area contributed by atoms with Crippen LogP contribution in [0.5, 0.6) is 0 Å². The zero-order chi connectivity index (χ0) is 9.26. The molecular weight excluding hydrogens is 182 g/mol. The highest BCUT2D eigenvalue weighted by Gasteiger charge is 1.99. The number of aryl methyl sites for hydroxylation is 1. The standard InChI is InChI=1S/C9H9N3S/c1-6-4-8(12-9(13)11-6)7-2-3-10-5-7/h2-5,10H,1H3,(H,11,12,13). The summed E-state index contributed by atoms with van der Waals surface area (Å²) in [6.45, 7) is 1.97. The molecule has 0 aliphatic carbocycles. The van der Waals surface area contributed by atoms with Crippen molar-refractivity contribution in [1.82, 2.24) is 15.0 Å². The molecule has 2 N–H and O–H groups in total. The van der Waals surface area contributed by atoms with E-state index in [4.69, 9.17) is 12.2 Å². The Labute approximate surface area is 80.9 Å². The minimum atomic E-state index is 0.524. The Morgan fingerprint density at radius 1 is 1.46 bits per heavy atom. The zero-order valence-corrected chi connectivity index (χ0v) is 7.98. The minimum Gasteiger partial charge on any atom is -0.367 e. The maximum absolute atomic E-state index is 4.98. The summed E-state index contributed by atoms with van der Waals surface area (Å²) in [6, 6.07) is 3.94. The van der Waals surface area contributed by atoms with Crippen molar-refractivity contribution in [2.45, 2.75) is 6.92 Å². The molecule has 4 heteroatoms. The van der Waals surface area contributed by atoms with Crippen LogP contribution in [0.4, 0.5) is 0 Å². The molecule has 0 fully saturated rings. The zero-order valence-electron chi connectivity index (χ0n) is 7.16. The lowest BCUT2D eigenvalue weighted by molar-refractivity contribution is 1.08. The average Bonchev–Trinajstić information content (AvgIpc) is 2.53. The Bertz CT molecular complexity index is 456. The predicted molar refractivity (Wildman–Crippen MR) is 53.9 cm³/mol. The Morgan fingerprint density at radius 2 is 2.31 bits per heavy atom. The van der Waals surface area contributed by atoms with Gasteiger partial charge in [0.25, 0.3) is 0 Å². The molecule has 2 aromatic rings. The van der Waals surface area contributed by atoms with Crippen molar-refractivity contribution < 1.29 is 0 Å². The second-order valence-electron chi connectivity index (χ2n) is 2.85. The molecule has 0 aromatic carbocycles. The van der Waals surface area contributed by atoms with Crippen molar-refractivity contribution in [3.8, 4) is 11.3 Å². The highest BCUT2D eigenvalue weighted by molar-refractivity contribution is 7.71. The Kier molecular flexibility index (Phi) is 1.98. The van der Waals surface area contributed by atoms with Crippen molar-refractivity contribution in [1.29, 1.82) is 0 Å². The van der Waals surface area contributed by atoms with E-state index in [9.17, 15) is 0 Å². The van der Waals surface area contributed by atoms with E-state index >= 15 is 0 Å². The summed E-state index contributed by atoms with van der Waals surface area (Å²) in [4.78, 5) is 10.2. The second kappa shape index (κ2) is 3.14. The van der Waals surface area contributed by atoms with E-state index < -0.39 is 0 Å². The largest absolute Gasteiger partial charge is 0.367 e. The van der Waals surface area contributed by atoms with Gasteiger partial charge >= 0.3 is 0 Å². The SMILES string of the molecule is Cc1cc(-c2cc[nH]c2)nc(=S)[nH]1. The highest BCUT2D eigenvalue weighted by atomic mass is 32.1. The lowest BCUT2D eigenvalue weighted by Gasteiger charge is -1.98. The van der Waals surface area contributed by atoms with Crippen LogP contribution in [0.2, 0.25) is 0 Å². The van der Waals surface area contributed by atoms with E-state index in [1.807, 2.05) is 31.5 Å². The molecule has 2 heterocycles. The summed E-state index contributed by atoms with van der Waals surface area (Å²) in [6.07, 6.45) is 3.77. The van der Waals surface area contributed by atoms with E-state index in [2.05, 4.69) is 15.0 Å². The maximum Gasteiger partial charge on any atom is 0.197 e. The first kappa shape index (κ1) is 8.19. The van der Waals surface area contributed by atoms with Crippen LogP contribution in [0.3, 0.4) is 0 Å². The first-order valence-electron chi connectivity index (χ1n) is 3.97. The summed E-state index contributed by atoms with van der Waals surface area (Å²) < 4.78 is 0.524. The first-order chi connectivity index (χ1) is 6.25. The Morgan fingerprint density at radius 3 is 2.92 bits per heavy atom. The number of aromatic nitrogens is 3. The van der Waals surface area contributed by atoms with Gasteiger partial charge in [0.1, 0.15) is 0 Å². The molecule has 0 atom stereocenters. The fourth-order valence-electron chi connectivity index (χ4n) is 1.21. The average molecular weight is 191 g/mol. The summed E-state index contributed by atoms with van der Waals surface area (Å²) in [5.74, 6) is 0. The number of H-pyrrole nitrogens is 2. The van der Waals surface area contributed by atoms with Gasteiger partial charge in [0, 0.05) is 23.7 Å². The number of hydrogen-bond acceptors (Lipinski definition) is 2. The molecule has 0 spiro atoms. The third-order valence-electron chi connectivity index (χ3n) is 1.77. The number of nitrogens with zero attached hydrogens (tertiary/aromatic N) is 1. The van der Waals surface area contributed by atoms with Gasteiger partial charge in [-0.05, 0) is 31.3 Å². The molecule has 0 bridgehead atoms. The van der Waals surface area contributed by atoms with Crippen molar-refractivity contribution in [2.24, 2.45) is 0 Å². The van der Waals surface area contributed by atoms with E-state index in [0.717, 1.165) is 17.0 Å². The fourth-order valence-corrected chi connectivity index (χ4v) is 1.47. The van der Waals surface area contributed by atoms with Crippen LogP contribution in [0.1, 0.15) is 5.69 Å². The van der Waals surface area contributed by atoms with E-state index in [1.54, 1.807) is 0 Å². The monoisotopic (exact) mass is 191 g/mol. The molecule has 13 heavy (non-hydrogen) atoms. The third kappa shape index (κ3) is 1.67. The molecule has 0 aliphatic heterocycles. The van der Waals surface area contributed by atoms with Crippen LogP contribution < -0.4 is 0 Å².